The monoisotopic (exact) mass is 383 g/mol. The minimum Gasteiger partial charge on any atom is -0.444 e. The van der Waals surface area contributed by atoms with Gasteiger partial charge in [0.05, 0.1) is 17.2 Å². The lowest BCUT2D eigenvalue weighted by molar-refractivity contribution is 0.571. The third-order valence-electron chi connectivity index (χ3n) is 3.40. The van der Waals surface area contributed by atoms with Crippen LogP contribution in [0.3, 0.4) is 0 Å². The molecule has 2 aromatic carbocycles. The van der Waals surface area contributed by atoms with Gasteiger partial charge in [-0.2, -0.15) is 0 Å². The molecule has 0 bridgehead atoms. The normalized spacial score (nSPS) is 11.6. The van der Waals surface area contributed by atoms with E-state index in [-0.39, 0.29) is 28.1 Å². The summed E-state index contributed by atoms with van der Waals surface area (Å²) >= 11 is 5.87. The van der Waals surface area contributed by atoms with Crippen LogP contribution in [0.15, 0.2) is 53.1 Å². The molecule has 0 saturated carbocycles. The van der Waals surface area contributed by atoms with E-state index in [0.29, 0.717) is 11.1 Å². The first kappa shape index (κ1) is 17.6. The molecule has 0 spiro atoms. The van der Waals surface area contributed by atoms with Gasteiger partial charge in [0.15, 0.2) is 9.84 Å². The Morgan fingerprint density at radius 2 is 1.68 bits per heavy atom. The summed E-state index contributed by atoms with van der Waals surface area (Å²) in [6.45, 7) is 0. The molecule has 0 saturated heterocycles. The Morgan fingerprint density at radius 3 is 2.36 bits per heavy atom. The van der Waals surface area contributed by atoms with Crippen LogP contribution >= 0.6 is 11.6 Å². The van der Waals surface area contributed by atoms with Gasteiger partial charge >= 0.3 is 0 Å². The fraction of sp³-hybridized carbons (Fsp3) is 0.118. The Balaban J connectivity index is 1.76. The molecular weight excluding hydrogens is 372 g/mol. The highest BCUT2D eigenvalue weighted by Crippen LogP contribution is 2.23. The Bertz CT molecular complexity index is 1000. The number of hydrogen-bond donors (Lipinski definition) is 0. The maximum absolute atomic E-state index is 13.0. The first-order chi connectivity index (χ1) is 11.8. The van der Waals surface area contributed by atoms with Crippen molar-refractivity contribution in [2.45, 2.75) is 11.5 Å². The molecule has 1 heterocycles. The number of halogens is 3. The van der Waals surface area contributed by atoms with E-state index in [0.717, 1.165) is 12.1 Å². The summed E-state index contributed by atoms with van der Waals surface area (Å²) in [5.41, 5.74) is 1.06. The highest BCUT2D eigenvalue weighted by atomic mass is 35.5. The number of oxazole rings is 1. The summed E-state index contributed by atoms with van der Waals surface area (Å²) in [6.07, 6.45) is 1.24. The molecule has 0 aliphatic carbocycles. The van der Waals surface area contributed by atoms with Crippen molar-refractivity contribution in [3.63, 3.8) is 0 Å². The Kier molecular flexibility index (Phi) is 4.87. The number of benzene rings is 2. The summed E-state index contributed by atoms with van der Waals surface area (Å²) in [6, 6.07) is 9.03. The second-order valence-electron chi connectivity index (χ2n) is 5.42. The molecule has 0 fully saturated rings. The predicted octanol–water partition coefficient (Wildman–Crippen LogP) is 4.39. The molecule has 0 atom stereocenters. The van der Waals surface area contributed by atoms with E-state index < -0.39 is 21.5 Å². The van der Waals surface area contributed by atoms with E-state index in [9.17, 15) is 17.2 Å². The van der Waals surface area contributed by atoms with Crippen LogP contribution in [0.4, 0.5) is 8.78 Å². The molecule has 0 amide bonds. The Labute approximate surface area is 148 Å². The third-order valence-corrected chi connectivity index (χ3v) is 5.24. The van der Waals surface area contributed by atoms with E-state index in [2.05, 4.69) is 4.98 Å². The van der Waals surface area contributed by atoms with E-state index in [1.165, 1.54) is 36.6 Å². The lowest BCUT2D eigenvalue weighted by Crippen LogP contribution is -2.08. The van der Waals surface area contributed by atoms with Gasteiger partial charge in [-0.3, -0.25) is 0 Å². The molecular formula is C17H12ClF2NO3S. The second-order valence-corrected chi connectivity index (χ2v) is 7.89. The molecule has 3 rings (SSSR count). The molecule has 3 aromatic rings. The average molecular weight is 384 g/mol. The van der Waals surface area contributed by atoms with Crippen LogP contribution in [-0.2, 0) is 21.3 Å². The molecule has 0 unspecified atom stereocenters. The van der Waals surface area contributed by atoms with E-state index in [4.69, 9.17) is 16.0 Å². The number of sulfone groups is 1. The summed E-state index contributed by atoms with van der Waals surface area (Å²) in [5, 5.41) is 0.0516. The van der Waals surface area contributed by atoms with Gasteiger partial charge in [-0.1, -0.05) is 17.7 Å². The van der Waals surface area contributed by atoms with Crippen molar-refractivity contribution in [2.24, 2.45) is 0 Å². The lowest BCUT2D eigenvalue weighted by atomic mass is 10.2. The highest BCUT2D eigenvalue weighted by molar-refractivity contribution is 7.89. The number of aromatic nitrogens is 1. The zero-order chi connectivity index (χ0) is 18.0. The molecule has 4 nitrogen and oxygen atoms in total. The van der Waals surface area contributed by atoms with Crippen molar-refractivity contribution in [3.8, 4) is 11.5 Å². The largest absolute Gasteiger partial charge is 0.444 e. The SMILES string of the molecule is O=S(=O)(Cc1coc(-c2ccc(F)cc2)n1)Cc1ccc(F)cc1Cl. The Morgan fingerprint density at radius 1 is 1.00 bits per heavy atom. The van der Waals surface area contributed by atoms with Gasteiger partial charge in [-0.25, -0.2) is 22.2 Å². The fourth-order valence-electron chi connectivity index (χ4n) is 2.25. The highest BCUT2D eigenvalue weighted by Gasteiger charge is 2.18. The quantitative estimate of drug-likeness (QED) is 0.655. The van der Waals surface area contributed by atoms with Gasteiger partial charge in [-0.15, -0.1) is 0 Å². The summed E-state index contributed by atoms with van der Waals surface area (Å²) in [5.74, 6) is -1.43. The van der Waals surface area contributed by atoms with E-state index in [1.54, 1.807) is 0 Å². The van der Waals surface area contributed by atoms with Crippen LogP contribution in [0.5, 0.6) is 0 Å². The van der Waals surface area contributed by atoms with E-state index in [1.807, 2.05) is 0 Å². The molecule has 0 radical (unpaired) electrons. The molecule has 0 N–H and O–H groups in total. The zero-order valence-corrected chi connectivity index (χ0v) is 14.3. The molecule has 0 aliphatic heterocycles. The van der Waals surface area contributed by atoms with Gasteiger partial charge < -0.3 is 4.42 Å². The zero-order valence-electron chi connectivity index (χ0n) is 12.7. The van der Waals surface area contributed by atoms with Crippen molar-refractivity contribution in [3.05, 3.63) is 76.6 Å². The van der Waals surface area contributed by atoms with Crippen LogP contribution in [0, 0.1) is 11.6 Å². The maximum atomic E-state index is 13.0. The van der Waals surface area contributed by atoms with Crippen molar-refractivity contribution in [1.29, 1.82) is 0 Å². The van der Waals surface area contributed by atoms with Gasteiger partial charge in [-0.05, 0) is 42.0 Å². The van der Waals surface area contributed by atoms with Crippen molar-refractivity contribution in [1.82, 2.24) is 4.98 Å². The minimum atomic E-state index is -3.59. The van der Waals surface area contributed by atoms with Gasteiger partial charge in [0, 0.05) is 10.6 Å². The number of rotatable bonds is 5. The van der Waals surface area contributed by atoms with Gasteiger partial charge in [0.2, 0.25) is 5.89 Å². The standard InChI is InChI=1S/C17H12ClF2NO3S/c18-16-7-14(20)6-3-12(16)9-25(22,23)10-15-8-24-17(21-15)11-1-4-13(19)5-2-11/h1-8H,9-10H2. The molecule has 1 aromatic heterocycles. The second kappa shape index (κ2) is 6.93. The molecule has 8 heteroatoms. The molecule has 0 aliphatic rings. The van der Waals surface area contributed by atoms with Crippen LogP contribution < -0.4 is 0 Å². The fourth-order valence-corrected chi connectivity index (χ4v) is 3.97. The molecule has 25 heavy (non-hydrogen) atoms. The lowest BCUT2D eigenvalue weighted by Gasteiger charge is -2.05. The summed E-state index contributed by atoms with van der Waals surface area (Å²) in [4.78, 5) is 4.11. The summed E-state index contributed by atoms with van der Waals surface area (Å²) in [7, 11) is -3.59. The first-order valence-electron chi connectivity index (χ1n) is 7.17. The summed E-state index contributed by atoms with van der Waals surface area (Å²) < 4.78 is 55.8. The predicted molar refractivity (Wildman–Crippen MR) is 89.6 cm³/mol. The van der Waals surface area contributed by atoms with Crippen LogP contribution in [0.25, 0.3) is 11.5 Å². The molecule has 130 valence electrons. The van der Waals surface area contributed by atoms with Crippen LogP contribution in [-0.4, -0.2) is 13.4 Å². The average Bonchev–Trinajstić information content (AvgIpc) is 2.98. The third kappa shape index (κ3) is 4.43. The van der Waals surface area contributed by atoms with Crippen molar-refractivity contribution in [2.75, 3.05) is 0 Å². The topological polar surface area (TPSA) is 60.2 Å². The van der Waals surface area contributed by atoms with Crippen LogP contribution in [0.2, 0.25) is 5.02 Å². The van der Waals surface area contributed by atoms with Crippen molar-refractivity contribution >= 4 is 21.4 Å². The minimum absolute atomic E-state index is 0.0516. The van der Waals surface area contributed by atoms with Gasteiger partial charge in [0.25, 0.3) is 0 Å². The smallest absolute Gasteiger partial charge is 0.226 e. The van der Waals surface area contributed by atoms with Crippen LogP contribution in [0.1, 0.15) is 11.3 Å². The number of hydrogen-bond acceptors (Lipinski definition) is 4. The van der Waals surface area contributed by atoms with Gasteiger partial charge in [0.1, 0.15) is 17.9 Å². The first-order valence-corrected chi connectivity index (χ1v) is 9.37. The van der Waals surface area contributed by atoms with Crippen molar-refractivity contribution < 1.29 is 21.6 Å². The Hall–Kier alpha value is -2.25. The number of nitrogens with zero attached hydrogens (tertiary/aromatic N) is 1. The van der Waals surface area contributed by atoms with E-state index >= 15 is 0 Å². The maximum Gasteiger partial charge on any atom is 0.226 e.